The Morgan fingerprint density at radius 3 is 2.83 bits per heavy atom. The zero-order valence-corrected chi connectivity index (χ0v) is 16.2. The van der Waals surface area contributed by atoms with Crippen LogP contribution in [0, 0.1) is 11.3 Å². The molecule has 0 amide bonds. The minimum Gasteiger partial charge on any atom is -0.464 e. The predicted octanol–water partition coefficient (Wildman–Crippen LogP) is 3.90. The molecule has 29 heavy (non-hydrogen) atoms. The molecule has 0 unspecified atom stereocenters. The zero-order valence-electron chi connectivity index (χ0n) is 15.4. The highest BCUT2D eigenvalue weighted by Gasteiger charge is 2.22. The molecular weight excluding hydrogens is 386 g/mol. The van der Waals surface area contributed by atoms with Crippen molar-refractivity contribution in [2.24, 2.45) is 0 Å². The summed E-state index contributed by atoms with van der Waals surface area (Å²) in [5.74, 6) is -0.609. The van der Waals surface area contributed by atoms with Gasteiger partial charge in [-0.1, -0.05) is 12.1 Å². The molecule has 4 rings (SSSR count). The minimum absolute atomic E-state index is 0.0947. The Morgan fingerprint density at radius 2 is 2.10 bits per heavy atom. The number of ether oxygens (including phenoxy) is 1. The van der Waals surface area contributed by atoms with Gasteiger partial charge in [-0.15, -0.1) is 11.3 Å². The lowest BCUT2D eigenvalue weighted by atomic mass is 10.1. The van der Waals surface area contributed by atoms with Crippen LogP contribution in [-0.4, -0.2) is 27.6 Å². The van der Waals surface area contributed by atoms with Crippen LogP contribution in [0.25, 0.3) is 27.5 Å². The van der Waals surface area contributed by atoms with Crippen molar-refractivity contribution in [1.29, 1.82) is 5.26 Å². The molecule has 0 fully saturated rings. The van der Waals surface area contributed by atoms with E-state index < -0.39 is 5.97 Å². The van der Waals surface area contributed by atoms with Crippen LogP contribution >= 0.6 is 11.3 Å². The number of anilines is 1. The first-order chi connectivity index (χ1) is 14.1. The van der Waals surface area contributed by atoms with Crippen molar-refractivity contribution in [2.75, 3.05) is 12.8 Å². The van der Waals surface area contributed by atoms with Gasteiger partial charge >= 0.3 is 5.97 Å². The number of nitrogens with two attached hydrogens (primary N) is 1. The van der Waals surface area contributed by atoms with E-state index in [0.29, 0.717) is 5.69 Å². The van der Waals surface area contributed by atoms with Gasteiger partial charge in [0, 0.05) is 40.8 Å². The van der Waals surface area contributed by atoms with Crippen LogP contribution in [0.4, 0.5) is 5.69 Å². The molecule has 0 aliphatic carbocycles. The molecule has 1 aromatic carbocycles. The third-order valence-electron chi connectivity index (χ3n) is 4.38. The van der Waals surface area contributed by atoms with Crippen LogP contribution in [-0.2, 0) is 4.74 Å². The van der Waals surface area contributed by atoms with Crippen LogP contribution in [0.3, 0.4) is 0 Å². The molecule has 7 nitrogen and oxygen atoms in total. The summed E-state index contributed by atoms with van der Waals surface area (Å²) in [6, 6.07) is 13.3. The number of thiazole rings is 1. The highest BCUT2D eigenvalue weighted by molar-refractivity contribution is 7.13. The van der Waals surface area contributed by atoms with E-state index in [1.54, 1.807) is 17.0 Å². The first kappa shape index (κ1) is 18.4. The van der Waals surface area contributed by atoms with Crippen molar-refractivity contribution in [3.05, 3.63) is 71.6 Å². The fourth-order valence-corrected chi connectivity index (χ4v) is 3.78. The number of aromatic nitrogens is 3. The smallest absolute Gasteiger partial charge is 0.357 e. The maximum atomic E-state index is 12.2. The van der Waals surface area contributed by atoms with Crippen LogP contribution < -0.4 is 5.73 Å². The SMILES string of the molecule is COC(=O)c1c(N)c(C#N)cn1-c1cccc(-c2csc(-c3cccnc3)n2)c1. The van der Waals surface area contributed by atoms with E-state index in [0.717, 1.165) is 21.8 Å². The molecule has 3 aromatic heterocycles. The third-order valence-corrected chi connectivity index (χ3v) is 5.27. The second kappa shape index (κ2) is 7.58. The molecule has 0 radical (unpaired) electrons. The molecule has 0 saturated heterocycles. The van der Waals surface area contributed by atoms with E-state index in [-0.39, 0.29) is 16.9 Å². The zero-order chi connectivity index (χ0) is 20.4. The minimum atomic E-state index is -0.609. The van der Waals surface area contributed by atoms with Crippen molar-refractivity contribution in [3.63, 3.8) is 0 Å². The van der Waals surface area contributed by atoms with Gasteiger partial charge in [0.05, 0.1) is 24.1 Å². The van der Waals surface area contributed by atoms with Gasteiger partial charge in [0.15, 0.2) is 5.69 Å². The lowest BCUT2D eigenvalue weighted by molar-refractivity contribution is 0.0593. The summed E-state index contributed by atoms with van der Waals surface area (Å²) in [6.07, 6.45) is 5.02. The second-order valence-corrected chi connectivity index (χ2v) is 6.97. The highest BCUT2D eigenvalue weighted by atomic mass is 32.1. The lowest BCUT2D eigenvalue weighted by Gasteiger charge is -2.09. The molecule has 0 atom stereocenters. The molecule has 0 aliphatic rings. The normalized spacial score (nSPS) is 10.5. The maximum Gasteiger partial charge on any atom is 0.357 e. The van der Waals surface area contributed by atoms with E-state index in [4.69, 9.17) is 15.5 Å². The first-order valence-corrected chi connectivity index (χ1v) is 9.46. The van der Waals surface area contributed by atoms with Crippen LogP contribution in [0.2, 0.25) is 0 Å². The van der Waals surface area contributed by atoms with Crippen molar-refractivity contribution in [1.82, 2.24) is 14.5 Å². The Labute approximate surface area is 170 Å². The topological polar surface area (TPSA) is 107 Å². The molecular formula is C21H15N5O2S. The summed E-state index contributed by atoms with van der Waals surface area (Å²) in [5, 5.41) is 12.1. The van der Waals surface area contributed by atoms with E-state index in [2.05, 4.69) is 4.98 Å². The lowest BCUT2D eigenvalue weighted by Crippen LogP contribution is -2.11. The Morgan fingerprint density at radius 1 is 1.28 bits per heavy atom. The largest absolute Gasteiger partial charge is 0.464 e. The molecule has 4 aromatic rings. The van der Waals surface area contributed by atoms with Crippen molar-refractivity contribution in [3.8, 4) is 33.6 Å². The van der Waals surface area contributed by atoms with Crippen LogP contribution in [0.15, 0.2) is 60.4 Å². The molecule has 0 bridgehead atoms. The van der Waals surface area contributed by atoms with Crippen LogP contribution in [0.5, 0.6) is 0 Å². The number of nitrogens with zero attached hydrogens (tertiary/aromatic N) is 4. The molecule has 2 N–H and O–H groups in total. The Hall–Kier alpha value is -3.96. The monoisotopic (exact) mass is 401 g/mol. The summed E-state index contributed by atoms with van der Waals surface area (Å²) in [7, 11) is 1.27. The number of hydrogen-bond acceptors (Lipinski definition) is 7. The average Bonchev–Trinajstić information content (AvgIpc) is 3.39. The Balaban J connectivity index is 1.77. The van der Waals surface area contributed by atoms with Crippen molar-refractivity contribution >= 4 is 23.0 Å². The fourth-order valence-electron chi connectivity index (χ4n) is 2.96. The third kappa shape index (κ3) is 3.35. The summed E-state index contributed by atoms with van der Waals surface area (Å²) in [4.78, 5) is 21.1. The molecule has 0 aliphatic heterocycles. The number of nitriles is 1. The van der Waals surface area contributed by atoms with Gasteiger partial charge in [-0.2, -0.15) is 5.26 Å². The standard InChI is InChI=1S/C21H15N5O2S/c1-28-21(27)19-18(23)15(9-22)11-26(19)16-6-2-4-13(8-16)17-12-29-20(25-17)14-5-3-7-24-10-14/h2-8,10-12H,23H2,1H3. The number of pyridine rings is 1. The molecule has 142 valence electrons. The van der Waals surface area contributed by atoms with E-state index in [1.807, 2.05) is 47.8 Å². The van der Waals surface area contributed by atoms with Gasteiger partial charge in [0.2, 0.25) is 0 Å². The van der Waals surface area contributed by atoms with E-state index in [1.165, 1.54) is 24.6 Å². The van der Waals surface area contributed by atoms with Gasteiger partial charge in [-0.3, -0.25) is 4.98 Å². The number of methoxy groups -OCH3 is 1. The summed E-state index contributed by atoms with van der Waals surface area (Å²) in [6.45, 7) is 0. The van der Waals surface area contributed by atoms with Gasteiger partial charge in [-0.05, 0) is 24.3 Å². The summed E-state index contributed by atoms with van der Waals surface area (Å²) < 4.78 is 6.41. The summed E-state index contributed by atoms with van der Waals surface area (Å²) in [5.41, 5.74) is 9.71. The summed E-state index contributed by atoms with van der Waals surface area (Å²) >= 11 is 1.53. The number of benzene rings is 1. The van der Waals surface area contributed by atoms with Gasteiger partial charge in [0.25, 0.3) is 0 Å². The number of esters is 1. The Kier molecular flexibility index (Phi) is 4.81. The molecule has 3 heterocycles. The average molecular weight is 401 g/mol. The number of carbonyl (C=O) groups is 1. The molecule has 0 spiro atoms. The molecule has 8 heteroatoms. The second-order valence-electron chi connectivity index (χ2n) is 6.11. The van der Waals surface area contributed by atoms with E-state index >= 15 is 0 Å². The van der Waals surface area contributed by atoms with Gasteiger partial charge < -0.3 is 15.0 Å². The van der Waals surface area contributed by atoms with Crippen LogP contribution in [0.1, 0.15) is 16.1 Å². The van der Waals surface area contributed by atoms with Gasteiger partial charge in [0.1, 0.15) is 11.1 Å². The van der Waals surface area contributed by atoms with Gasteiger partial charge in [-0.25, -0.2) is 9.78 Å². The predicted molar refractivity (Wildman–Crippen MR) is 111 cm³/mol. The molecule has 0 saturated carbocycles. The van der Waals surface area contributed by atoms with Crippen molar-refractivity contribution in [2.45, 2.75) is 0 Å². The van der Waals surface area contributed by atoms with E-state index in [9.17, 15) is 10.1 Å². The highest BCUT2D eigenvalue weighted by Crippen LogP contribution is 2.31. The maximum absolute atomic E-state index is 12.2. The number of hydrogen-bond donors (Lipinski definition) is 1. The fraction of sp³-hybridized carbons (Fsp3) is 0.0476. The quantitative estimate of drug-likeness (QED) is 0.520. The first-order valence-electron chi connectivity index (χ1n) is 8.58. The number of nitrogen functional groups attached to an aromatic ring is 1. The van der Waals surface area contributed by atoms with Crippen molar-refractivity contribution < 1.29 is 9.53 Å². The Bertz CT molecular complexity index is 1240. The number of rotatable bonds is 4. The number of carbonyl (C=O) groups excluding carboxylic acids is 1.